The third-order valence-electron chi connectivity index (χ3n) is 2.66. The predicted molar refractivity (Wildman–Crippen MR) is 84.1 cm³/mol. The summed E-state index contributed by atoms with van der Waals surface area (Å²) in [7, 11) is 0. The van der Waals surface area contributed by atoms with E-state index in [9.17, 15) is 4.79 Å². The van der Waals surface area contributed by atoms with Crippen LogP contribution in [0.25, 0.3) is 0 Å². The highest BCUT2D eigenvalue weighted by Gasteiger charge is 2.11. The Morgan fingerprint density at radius 3 is 2.58 bits per heavy atom. The van der Waals surface area contributed by atoms with Crippen molar-refractivity contribution in [2.45, 2.75) is 6.54 Å². The lowest BCUT2D eigenvalue weighted by Gasteiger charge is -2.10. The van der Waals surface area contributed by atoms with E-state index >= 15 is 0 Å². The normalized spacial score (nSPS) is 10.3. The van der Waals surface area contributed by atoms with E-state index in [1.165, 1.54) is 0 Å². The molecule has 3 nitrogen and oxygen atoms in total. The zero-order chi connectivity index (χ0) is 13.8. The van der Waals surface area contributed by atoms with Crippen LogP contribution in [0.2, 0.25) is 0 Å². The Labute approximate surface area is 128 Å². The van der Waals surface area contributed by atoms with Gasteiger partial charge in [-0.3, -0.25) is 4.79 Å². The monoisotopic (exact) mass is 382 g/mol. The molecule has 0 saturated carbocycles. The van der Waals surface area contributed by atoms with E-state index in [0.717, 1.165) is 20.2 Å². The quantitative estimate of drug-likeness (QED) is 0.843. The second-order valence-corrected chi connectivity index (χ2v) is 5.71. The molecule has 98 valence electrons. The number of nitrogens with one attached hydrogen (secondary N) is 1. The van der Waals surface area contributed by atoms with Gasteiger partial charge >= 0.3 is 0 Å². The van der Waals surface area contributed by atoms with Gasteiger partial charge in [0.05, 0.1) is 5.56 Å². The molecule has 5 heteroatoms. The second kappa shape index (κ2) is 6.32. The first-order valence-corrected chi connectivity index (χ1v) is 7.25. The molecule has 0 saturated heterocycles. The average Bonchev–Trinajstić information content (AvgIpc) is 2.39. The van der Waals surface area contributed by atoms with Crippen LogP contribution in [0.1, 0.15) is 15.9 Å². The van der Waals surface area contributed by atoms with Gasteiger partial charge in [0.25, 0.3) is 5.91 Å². The summed E-state index contributed by atoms with van der Waals surface area (Å²) >= 11 is 6.74. The van der Waals surface area contributed by atoms with Crippen molar-refractivity contribution in [2.24, 2.45) is 5.73 Å². The summed E-state index contributed by atoms with van der Waals surface area (Å²) in [5.41, 5.74) is 7.87. The topological polar surface area (TPSA) is 55.1 Å². The molecule has 3 N–H and O–H groups in total. The first kappa shape index (κ1) is 14.2. The third kappa shape index (κ3) is 3.43. The van der Waals surface area contributed by atoms with Crippen LogP contribution in [0.5, 0.6) is 0 Å². The molecule has 0 aliphatic heterocycles. The number of carbonyl (C=O) groups is 1. The number of halogens is 2. The van der Waals surface area contributed by atoms with Gasteiger partial charge in [-0.1, -0.05) is 34.1 Å². The fourth-order valence-electron chi connectivity index (χ4n) is 1.68. The van der Waals surface area contributed by atoms with Gasteiger partial charge in [-0.2, -0.15) is 0 Å². The number of hydrogen-bond acceptors (Lipinski definition) is 2. The van der Waals surface area contributed by atoms with Crippen molar-refractivity contribution >= 4 is 43.5 Å². The summed E-state index contributed by atoms with van der Waals surface area (Å²) in [6.07, 6.45) is 0. The van der Waals surface area contributed by atoms with Gasteiger partial charge in [0.1, 0.15) is 0 Å². The van der Waals surface area contributed by atoms with Crippen LogP contribution in [-0.4, -0.2) is 5.91 Å². The Morgan fingerprint density at radius 2 is 1.89 bits per heavy atom. The van der Waals surface area contributed by atoms with Crippen molar-refractivity contribution in [2.75, 3.05) is 5.32 Å². The lowest BCUT2D eigenvalue weighted by atomic mass is 10.1. The van der Waals surface area contributed by atoms with Crippen LogP contribution in [-0.2, 0) is 6.54 Å². The Balaban J connectivity index is 2.26. The summed E-state index contributed by atoms with van der Waals surface area (Å²) in [5.74, 6) is -0.166. The SMILES string of the molecule is NCc1ccccc1NC(=O)c1ccc(Br)cc1Br. The number of benzene rings is 2. The molecule has 1 amide bonds. The van der Waals surface area contributed by atoms with Gasteiger partial charge in [-0.25, -0.2) is 0 Å². The number of hydrogen-bond donors (Lipinski definition) is 2. The molecule has 2 aromatic rings. The smallest absolute Gasteiger partial charge is 0.256 e. The molecule has 0 atom stereocenters. The molecule has 0 bridgehead atoms. The minimum absolute atomic E-state index is 0.166. The molecule has 0 aliphatic rings. The van der Waals surface area contributed by atoms with Crippen molar-refractivity contribution in [3.63, 3.8) is 0 Å². The number of nitrogens with two attached hydrogens (primary N) is 1. The molecule has 0 aromatic heterocycles. The van der Waals surface area contributed by atoms with E-state index in [4.69, 9.17) is 5.73 Å². The van der Waals surface area contributed by atoms with Crippen LogP contribution >= 0.6 is 31.9 Å². The molecular weight excluding hydrogens is 372 g/mol. The van der Waals surface area contributed by atoms with Gasteiger partial charge in [-0.15, -0.1) is 0 Å². The molecule has 0 aliphatic carbocycles. The van der Waals surface area contributed by atoms with Crippen LogP contribution in [0.15, 0.2) is 51.4 Å². The van der Waals surface area contributed by atoms with E-state index in [1.807, 2.05) is 36.4 Å². The summed E-state index contributed by atoms with van der Waals surface area (Å²) < 4.78 is 1.66. The summed E-state index contributed by atoms with van der Waals surface area (Å²) in [6.45, 7) is 0.387. The number of anilines is 1. The van der Waals surface area contributed by atoms with E-state index in [2.05, 4.69) is 37.2 Å². The first-order valence-electron chi connectivity index (χ1n) is 5.66. The molecule has 0 fully saturated rings. The maximum atomic E-state index is 12.2. The Morgan fingerprint density at radius 1 is 1.16 bits per heavy atom. The third-order valence-corrected chi connectivity index (χ3v) is 3.81. The van der Waals surface area contributed by atoms with Crippen molar-refractivity contribution in [1.29, 1.82) is 0 Å². The molecule has 0 radical (unpaired) electrons. The first-order chi connectivity index (χ1) is 9.11. The van der Waals surface area contributed by atoms with Crippen molar-refractivity contribution in [3.8, 4) is 0 Å². The zero-order valence-electron chi connectivity index (χ0n) is 9.99. The minimum atomic E-state index is -0.166. The van der Waals surface area contributed by atoms with Gasteiger partial charge in [0, 0.05) is 21.2 Å². The fourth-order valence-corrected chi connectivity index (χ4v) is 2.91. The Kier molecular flexibility index (Phi) is 4.74. The van der Waals surface area contributed by atoms with E-state index in [1.54, 1.807) is 6.07 Å². The van der Waals surface area contributed by atoms with Crippen LogP contribution < -0.4 is 11.1 Å². The van der Waals surface area contributed by atoms with Crippen LogP contribution in [0.4, 0.5) is 5.69 Å². The van der Waals surface area contributed by atoms with E-state index in [0.29, 0.717) is 12.1 Å². The van der Waals surface area contributed by atoms with Crippen molar-refractivity contribution in [3.05, 3.63) is 62.5 Å². The Bertz CT molecular complexity index is 614. The van der Waals surface area contributed by atoms with Gasteiger partial charge in [-0.05, 0) is 45.8 Å². The molecule has 2 aromatic carbocycles. The molecule has 19 heavy (non-hydrogen) atoms. The fraction of sp³-hybridized carbons (Fsp3) is 0.0714. The molecule has 0 heterocycles. The zero-order valence-corrected chi connectivity index (χ0v) is 13.2. The molecular formula is C14H12Br2N2O. The highest BCUT2D eigenvalue weighted by Crippen LogP contribution is 2.23. The maximum Gasteiger partial charge on any atom is 0.256 e. The average molecular weight is 384 g/mol. The standard InChI is InChI=1S/C14H12Br2N2O/c15-10-5-6-11(12(16)7-10)14(19)18-13-4-2-1-3-9(13)8-17/h1-7H,8,17H2,(H,18,19). The Hall–Kier alpha value is -1.17. The summed E-state index contributed by atoms with van der Waals surface area (Å²) in [6, 6.07) is 12.9. The number of carbonyl (C=O) groups excluding carboxylic acids is 1. The number of rotatable bonds is 3. The van der Waals surface area contributed by atoms with Gasteiger partial charge < -0.3 is 11.1 Å². The van der Waals surface area contributed by atoms with Gasteiger partial charge in [0.15, 0.2) is 0 Å². The lowest BCUT2D eigenvalue weighted by Crippen LogP contribution is -2.14. The highest BCUT2D eigenvalue weighted by molar-refractivity contribution is 9.11. The van der Waals surface area contributed by atoms with E-state index in [-0.39, 0.29) is 5.91 Å². The molecule has 2 rings (SSSR count). The van der Waals surface area contributed by atoms with Crippen LogP contribution in [0, 0.1) is 0 Å². The maximum absolute atomic E-state index is 12.2. The van der Waals surface area contributed by atoms with Gasteiger partial charge in [0.2, 0.25) is 0 Å². The number of amides is 1. The predicted octanol–water partition coefficient (Wildman–Crippen LogP) is 3.92. The van der Waals surface area contributed by atoms with Crippen LogP contribution in [0.3, 0.4) is 0 Å². The largest absolute Gasteiger partial charge is 0.326 e. The molecule has 0 unspecified atom stereocenters. The van der Waals surface area contributed by atoms with E-state index < -0.39 is 0 Å². The summed E-state index contributed by atoms with van der Waals surface area (Å²) in [5, 5.41) is 2.87. The van der Waals surface area contributed by atoms with Crippen molar-refractivity contribution in [1.82, 2.24) is 0 Å². The number of para-hydroxylation sites is 1. The minimum Gasteiger partial charge on any atom is -0.326 e. The molecule has 0 spiro atoms. The second-order valence-electron chi connectivity index (χ2n) is 3.94. The highest BCUT2D eigenvalue weighted by atomic mass is 79.9. The van der Waals surface area contributed by atoms with Crippen molar-refractivity contribution < 1.29 is 4.79 Å². The lowest BCUT2D eigenvalue weighted by molar-refractivity contribution is 0.102. The summed E-state index contributed by atoms with van der Waals surface area (Å²) in [4.78, 5) is 12.2.